The third kappa shape index (κ3) is 7.19. The third-order valence-electron chi connectivity index (χ3n) is 1.39. The second-order valence-electron chi connectivity index (χ2n) is 2.82. The Hall–Kier alpha value is -0.700. The molecular weight excluding hydrogens is 138 g/mol. The zero-order valence-electron chi connectivity index (χ0n) is 7.51. The topological polar surface area (TPSA) is 55.3 Å². The fourth-order valence-corrected chi connectivity index (χ4v) is 0.870. The lowest BCUT2D eigenvalue weighted by Crippen LogP contribution is -2.27. The Labute approximate surface area is 69.0 Å². The van der Waals surface area contributed by atoms with Crippen LogP contribution in [0.3, 0.4) is 0 Å². The molecular formula is C8H19N3. The van der Waals surface area contributed by atoms with Crippen molar-refractivity contribution in [2.24, 2.45) is 11.6 Å². The minimum atomic E-state index is 0.754. The third-order valence-corrected chi connectivity index (χ3v) is 1.39. The number of unbranched alkanes of at least 4 members (excludes halogenated alkanes) is 2. The molecule has 0 spiro atoms. The van der Waals surface area contributed by atoms with E-state index in [0.29, 0.717) is 0 Å². The highest BCUT2D eigenvalue weighted by Crippen LogP contribution is 1.95. The SMILES string of the molecule is CCCCCN(N)/C=C(/C)N. The van der Waals surface area contributed by atoms with Gasteiger partial charge >= 0.3 is 0 Å². The van der Waals surface area contributed by atoms with E-state index in [1.165, 1.54) is 12.8 Å². The van der Waals surface area contributed by atoms with Gasteiger partial charge in [0, 0.05) is 18.4 Å². The van der Waals surface area contributed by atoms with Crippen molar-refractivity contribution >= 4 is 0 Å². The highest BCUT2D eigenvalue weighted by Gasteiger charge is 1.91. The molecule has 0 aromatic rings. The number of hydrogen-bond acceptors (Lipinski definition) is 3. The van der Waals surface area contributed by atoms with Crippen molar-refractivity contribution in [3.8, 4) is 0 Å². The zero-order valence-corrected chi connectivity index (χ0v) is 7.51. The lowest BCUT2D eigenvalue weighted by atomic mass is 10.2. The van der Waals surface area contributed by atoms with E-state index in [4.69, 9.17) is 11.6 Å². The van der Waals surface area contributed by atoms with Crippen LogP contribution < -0.4 is 11.6 Å². The molecule has 0 saturated carbocycles. The standard InChI is InChI=1S/C8H19N3/c1-3-4-5-6-11(10)7-8(2)9/h7H,3-6,9-10H2,1-2H3/b8-7-. The second-order valence-corrected chi connectivity index (χ2v) is 2.82. The van der Waals surface area contributed by atoms with Gasteiger partial charge in [0.2, 0.25) is 0 Å². The number of nitrogens with zero attached hydrogens (tertiary/aromatic N) is 1. The van der Waals surface area contributed by atoms with Crippen molar-refractivity contribution in [1.29, 1.82) is 0 Å². The molecule has 11 heavy (non-hydrogen) atoms. The number of rotatable bonds is 5. The molecule has 0 bridgehead atoms. The first-order chi connectivity index (χ1) is 5.16. The fourth-order valence-electron chi connectivity index (χ4n) is 0.870. The van der Waals surface area contributed by atoms with Gasteiger partial charge in [-0.1, -0.05) is 19.8 Å². The molecule has 3 heteroatoms. The largest absolute Gasteiger partial charge is 0.401 e. The van der Waals surface area contributed by atoms with E-state index in [9.17, 15) is 0 Å². The first-order valence-electron chi connectivity index (χ1n) is 4.12. The maximum absolute atomic E-state index is 5.59. The zero-order chi connectivity index (χ0) is 8.69. The van der Waals surface area contributed by atoms with Crippen molar-refractivity contribution in [2.75, 3.05) is 6.54 Å². The first-order valence-corrected chi connectivity index (χ1v) is 4.12. The quantitative estimate of drug-likeness (QED) is 0.358. The van der Waals surface area contributed by atoms with E-state index in [-0.39, 0.29) is 0 Å². The van der Waals surface area contributed by atoms with Crippen LogP contribution in [0.15, 0.2) is 11.9 Å². The molecule has 0 aromatic carbocycles. The van der Waals surface area contributed by atoms with Gasteiger partial charge in [0.15, 0.2) is 0 Å². The smallest absolute Gasteiger partial charge is 0.0340 e. The number of hydrazine groups is 1. The van der Waals surface area contributed by atoms with Crippen LogP contribution in [-0.4, -0.2) is 11.6 Å². The summed E-state index contributed by atoms with van der Waals surface area (Å²) in [4.78, 5) is 0. The molecule has 0 rings (SSSR count). The summed E-state index contributed by atoms with van der Waals surface area (Å²) in [5.74, 6) is 5.59. The molecule has 0 saturated heterocycles. The van der Waals surface area contributed by atoms with Gasteiger partial charge in [0.25, 0.3) is 0 Å². The molecule has 0 aromatic heterocycles. The van der Waals surface area contributed by atoms with Crippen LogP contribution >= 0.6 is 0 Å². The van der Waals surface area contributed by atoms with E-state index in [1.54, 1.807) is 11.2 Å². The summed E-state index contributed by atoms with van der Waals surface area (Å²) >= 11 is 0. The molecule has 0 unspecified atom stereocenters. The van der Waals surface area contributed by atoms with Gasteiger partial charge in [0.1, 0.15) is 0 Å². The van der Waals surface area contributed by atoms with Gasteiger partial charge in [-0.25, -0.2) is 5.84 Å². The Bertz CT molecular complexity index is 117. The Morgan fingerprint density at radius 2 is 2.09 bits per heavy atom. The second kappa shape index (κ2) is 6.04. The highest BCUT2D eigenvalue weighted by molar-refractivity contribution is 4.89. The van der Waals surface area contributed by atoms with Crippen molar-refractivity contribution in [3.63, 3.8) is 0 Å². The molecule has 0 aliphatic rings. The molecule has 0 radical (unpaired) electrons. The Balaban J connectivity index is 3.37. The van der Waals surface area contributed by atoms with Crippen LogP contribution in [0.5, 0.6) is 0 Å². The van der Waals surface area contributed by atoms with Gasteiger partial charge in [0.05, 0.1) is 0 Å². The normalized spacial score (nSPS) is 11.7. The Morgan fingerprint density at radius 3 is 2.55 bits per heavy atom. The summed E-state index contributed by atoms with van der Waals surface area (Å²) in [5.41, 5.74) is 6.19. The molecule has 0 aliphatic carbocycles. The van der Waals surface area contributed by atoms with Crippen molar-refractivity contribution < 1.29 is 0 Å². The van der Waals surface area contributed by atoms with Crippen LogP contribution in [0.2, 0.25) is 0 Å². The van der Waals surface area contributed by atoms with Crippen LogP contribution in [-0.2, 0) is 0 Å². The van der Waals surface area contributed by atoms with E-state index in [2.05, 4.69) is 6.92 Å². The molecule has 0 atom stereocenters. The number of allylic oxidation sites excluding steroid dienone is 1. The lowest BCUT2D eigenvalue weighted by Gasteiger charge is -2.13. The maximum atomic E-state index is 5.59. The number of hydrogen-bond donors (Lipinski definition) is 2. The molecule has 0 fully saturated rings. The monoisotopic (exact) mass is 157 g/mol. The molecule has 4 N–H and O–H groups in total. The summed E-state index contributed by atoms with van der Waals surface area (Å²) in [6.45, 7) is 4.90. The summed E-state index contributed by atoms with van der Waals surface area (Å²) in [7, 11) is 0. The van der Waals surface area contributed by atoms with Crippen molar-refractivity contribution in [3.05, 3.63) is 11.9 Å². The van der Waals surface area contributed by atoms with Gasteiger partial charge in [-0.05, 0) is 13.3 Å². The molecule has 0 amide bonds. The summed E-state index contributed by atoms with van der Waals surface area (Å²) in [5, 5.41) is 1.64. The van der Waals surface area contributed by atoms with Gasteiger partial charge in [-0.3, -0.25) is 0 Å². The minimum Gasteiger partial charge on any atom is -0.401 e. The van der Waals surface area contributed by atoms with E-state index >= 15 is 0 Å². The molecule has 3 nitrogen and oxygen atoms in total. The predicted octanol–water partition coefficient (Wildman–Crippen LogP) is 1.17. The lowest BCUT2D eigenvalue weighted by molar-refractivity contribution is 0.376. The average molecular weight is 157 g/mol. The van der Waals surface area contributed by atoms with Gasteiger partial charge < -0.3 is 10.7 Å². The van der Waals surface area contributed by atoms with Crippen molar-refractivity contribution in [2.45, 2.75) is 33.1 Å². The predicted molar refractivity (Wildman–Crippen MR) is 48.4 cm³/mol. The summed E-state index contributed by atoms with van der Waals surface area (Å²) < 4.78 is 0. The molecule has 0 aliphatic heterocycles. The Morgan fingerprint density at radius 1 is 1.45 bits per heavy atom. The highest BCUT2D eigenvalue weighted by atomic mass is 15.4. The number of nitrogens with two attached hydrogens (primary N) is 2. The van der Waals surface area contributed by atoms with Gasteiger partial charge in [-0.2, -0.15) is 0 Å². The molecule has 0 heterocycles. The van der Waals surface area contributed by atoms with Crippen LogP contribution in [0.4, 0.5) is 0 Å². The summed E-state index contributed by atoms with van der Waals surface area (Å²) in [6.07, 6.45) is 5.34. The van der Waals surface area contributed by atoms with Gasteiger partial charge in [-0.15, -0.1) is 0 Å². The van der Waals surface area contributed by atoms with Crippen LogP contribution in [0.1, 0.15) is 33.1 Å². The minimum absolute atomic E-state index is 0.754. The van der Waals surface area contributed by atoms with E-state index in [0.717, 1.165) is 18.7 Å². The van der Waals surface area contributed by atoms with E-state index < -0.39 is 0 Å². The fraction of sp³-hybridized carbons (Fsp3) is 0.750. The van der Waals surface area contributed by atoms with Crippen LogP contribution in [0.25, 0.3) is 0 Å². The average Bonchev–Trinajstić information content (AvgIpc) is 1.86. The first kappa shape index (κ1) is 10.3. The Kier molecular flexibility index (Phi) is 5.65. The molecule has 66 valence electrons. The summed E-state index contributed by atoms with van der Waals surface area (Å²) in [6, 6.07) is 0. The maximum Gasteiger partial charge on any atom is 0.0340 e. The van der Waals surface area contributed by atoms with E-state index in [1.807, 2.05) is 6.92 Å². The van der Waals surface area contributed by atoms with Crippen molar-refractivity contribution in [1.82, 2.24) is 5.01 Å². The van der Waals surface area contributed by atoms with Crippen LogP contribution in [0, 0.1) is 0 Å².